The van der Waals surface area contributed by atoms with Gasteiger partial charge in [0.15, 0.2) is 6.61 Å². The van der Waals surface area contributed by atoms with Gasteiger partial charge in [0, 0.05) is 29.4 Å². The maximum absolute atomic E-state index is 12.4. The molecule has 1 aromatic carbocycles. The number of carbonyl (C=O) groups excluding carboxylic acids is 3. The van der Waals surface area contributed by atoms with E-state index in [0.717, 1.165) is 0 Å². The van der Waals surface area contributed by atoms with Crippen LogP contribution in [0, 0.1) is 17.0 Å². The van der Waals surface area contributed by atoms with Crippen molar-refractivity contribution < 1.29 is 24.0 Å². The highest BCUT2D eigenvalue weighted by Crippen LogP contribution is 2.47. The molecule has 1 aromatic rings. The van der Waals surface area contributed by atoms with Crippen molar-refractivity contribution in [2.75, 3.05) is 12.4 Å². The average molecular weight is 378 g/mol. The summed E-state index contributed by atoms with van der Waals surface area (Å²) in [5, 5.41) is 11.0. The monoisotopic (exact) mass is 378 g/mol. The van der Waals surface area contributed by atoms with E-state index in [1.54, 1.807) is 11.8 Å². The lowest BCUT2D eigenvalue weighted by Crippen LogP contribution is -2.46. The van der Waals surface area contributed by atoms with Gasteiger partial charge >= 0.3 is 5.97 Å². The second-order valence-electron chi connectivity index (χ2n) is 6.55. The Kier molecular flexibility index (Phi) is 4.74. The van der Waals surface area contributed by atoms with Crippen LogP contribution < -0.4 is 0 Å². The molecule has 3 rings (SSSR count). The Morgan fingerprint density at radius 1 is 1.46 bits per heavy atom. The molecule has 26 heavy (non-hydrogen) atoms. The number of ether oxygens (including phenoxy) is 1. The number of amides is 1. The van der Waals surface area contributed by atoms with Crippen LogP contribution in [0.2, 0.25) is 0 Å². The summed E-state index contributed by atoms with van der Waals surface area (Å²) in [5.41, 5.74) is 0.393. The highest BCUT2D eigenvalue weighted by Gasteiger charge is 2.53. The fraction of sp³-hybridized carbons (Fsp3) is 0.471. The molecule has 2 fully saturated rings. The quantitative estimate of drug-likeness (QED) is 0.334. The number of hydrogen-bond acceptors (Lipinski definition) is 7. The number of rotatable bonds is 5. The Morgan fingerprint density at radius 3 is 2.88 bits per heavy atom. The number of esters is 1. The number of thioether (sulfide) groups is 1. The fourth-order valence-electron chi connectivity index (χ4n) is 3.29. The van der Waals surface area contributed by atoms with Crippen LogP contribution in [-0.4, -0.2) is 50.8 Å². The van der Waals surface area contributed by atoms with Gasteiger partial charge in [-0.25, -0.2) is 4.79 Å². The number of ketones is 1. The van der Waals surface area contributed by atoms with Gasteiger partial charge < -0.3 is 9.64 Å². The predicted molar refractivity (Wildman–Crippen MR) is 93.9 cm³/mol. The van der Waals surface area contributed by atoms with E-state index in [1.165, 1.54) is 30.0 Å². The highest BCUT2D eigenvalue weighted by molar-refractivity contribution is 8.01. The highest BCUT2D eigenvalue weighted by atomic mass is 32.2. The van der Waals surface area contributed by atoms with Crippen LogP contribution in [0.1, 0.15) is 35.7 Å². The van der Waals surface area contributed by atoms with Crippen LogP contribution in [0.25, 0.3) is 0 Å². The first-order valence-corrected chi connectivity index (χ1v) is 9.12. The number of benzene rings is 1. The van der Waals surface area contributed by atoms with Crippen molar-refractivity contribution in [3.63, 3.8) is 0 Å². The molecule has 2 saturated heterocycles. The minimum absolute atomic E-state index is 0.0834. The maximum atomic E-state index is 12.4. The zero-order valence-corrected chi connectivity index (χ0v) is 15.2. The SMILES string of the molecule is Cc1ccc(C(=O)COC(=O)[C@H]2CS[C@]3(C)CCC(=O)N23)cc1[N+](=O)[O-]. The lowest BCUT2D eigenvalue weighted by Gasteiger charge is -2.29. The zero-order valence-electron chi connectivity index (χ0n) is 14.4. The molecular weight excluding hydrogens is 360 g/mol. The molecule has 8 nitrogen and oxygen atoms in total. The lowest BCUT2D eigenvalue weighted by molar-refractivity contribution is -0.385. The number of fused-ring (bicyclic) bond motifs is 1. The molecule has 0 bridgehead atoms. The van der Waals surface area contributed by atoms with Crippen LogP contribution in [0.4, 0.5) is 5.69 Å². The molecule has 0 saturated carbocycles. The molecule has 0 unspecified atom stereocenters. The maximum Gasteiger partial charge on any atom is 0.330 e. The summed E-state index contributed by atoms with van der Waals surface area (Å²) in [7, 11) is 0. The number of nitro groups is 1. The van der Waals surface area contributed by atoms with Crippen molar-refractivity contribution in [1.29, 1.82) is 0 Å². The van der Waals surface area contributed by atoms with Crippen molar-refractivity contribution >= 4 is 35.1 Å². The molecule has 0 aromatic heterocycles. The van der Waals surface area contributed by atoms with E-state index >= 15 is 0 Å². The van der Waals surface area contributed by atoms with Crippen LogP contribution in [0.3, 0.4) is 0 Å². The normalized spacial score (nSPS) is 24.5. The molecular formula is C17H18N2O6S. The fourth-order valence-corrected chi connectivity index (χ4v) is 4.71. The third-order valence-electron chi connectivity index (χ3n) is 4.79. The summed E-state index contributed by atoms with van der Waals surface area (Å²) in [6, 6.07) is 3.43. The molecule has 0 aliphatic carbocycles. The van der Waals surface area contributed by atoms with Gasteiger partial charge in [0.25, 0.3) is 5.69 Å². The molecule has 9 heteroatoms. The minimum atomic E-state index is -0.694. The molecule has 0 radical (unpaired) electrons. The van der Waals surface area contributed by atoms with Crippen molar-refractivity contribution in [2.24, 2.45) is 0 Å². The van der Waals surface area contributed by atoms with Crippen molar-refractivity contribution in [1.82, 2.24) is 4.90 Å². The summed E-state index contributed by atoms with van der Waals surface area (Å²) >= 11 is 1.54. The molecule has 2 aliphatic rings. The lowest BCUT2D eigenvalue weighted by atomic mass is 10.1. The summed E-state index contributed by atoms with van der Waals surface area (Å²) < 4.78 is 5.11. The summed E-state index contributed by atoms with van der Waals surface area (Å²) in [4.78, 5) is 48.2. The van der Waals surface area contributed by atoms with E-state index in [9.17, 15) is 24.5 Å². The smallest absolute Gasteiger partial charge is 0.330 e. The number of carbonyl (C=O) groups is 3. The Labute approximate surface area is 154 Å². The van der Waals surface area contributed by atoms with Crippen molar-refractivity contribution in [3.8, 4) is 0 Å². The van der Waals surface area contributed by atoms with E-state index in [0.29, 0.717) is 24.2 Å². The molecule has 2 atom stereocenters. The van der Waals surface area contributed by atoms with Gasteiger partial charge in [-0.05, 0) is 20.3 Å². The Morgan fingerprint density at radius 2 is 2.19 bits per heavy atom. The van der Waals surface area contributed by atoms with E-state index < -0.39 is 29.3 Å². The average Bonchev–Trinajstić information content (AvgIpc) is 3.09. The third-order valence-corrected chi connectivity index (χ3v) is 6.30. The van der Waals surface area contributed by atoms with Crippen LogP contribution in [-0.2, 0) is 14.3 Å². The second-order valence-corrected chi connectivity index (χ2v) is 8.06. The van der Waals surface area contributed by atoms with Gasteiger partial charge in [0.05, 0.1) is 9.79 Å². The van der Waals surface area contributed by atoms with E-state index in [1.807, 2.05) is 6.92 Å². The zero-order chi connectivity index (χ0) is 19.1. The second kappa shape index (κ2) is 6.71. The van der Waals surface area contributed by atoms with Gasteiger partial charge in [-0.2, -0.15) is 0 Å². The molecule has 138 valence electrons. The van der Waals surface area contributed by atoms with Gasteiger partial charge in [0.2, 0.25) is 11.7 Å². The first-order chi connectivity index (χ1) is 12.2. The van der Waals surface area contributed by atoms with Crippen molar-refractivity contribution in [2.45, 2.75) is 37.6 Å². The number of hydrogen-bond donors (Lipinski definition) is 0. The van der Waals surface area contributed by atoms with Crippen LogP contribution in [0.15, 0.2) is 18.2 Å². The molecule has 2 aliphatic heterocycles. The third kappa shape index (κ3) is 3.18. The van der Waals surface area contributed by atoms with E-state index in [4.69, 9.17) is 4.74 Å². The first kappa shape index (κ1) is 18.4. The predicted octanol–water partition coefficient (Wildman–Crippen LogP) is 2.08. The topological polar surface area (TPSA) is 107 Å². The summed E-state index contributed by atoms with van der Waals surface area (Å²) in [6.45, 7) is 2.99. The first-order valence-electron chi connectivity index (χ1n) is 8.14. The van der Waals surface area contributed by atoms with Crippen molar-refractivity contribution in [3.05, 3.63) is 39.4 Å². The Bertz CT molecular complexity index is 810. The molecule has 1 amide bonds. The number of Topliss-reactive ketones (excluding diaryl/α,β-unsaturated/α-hetero) is 1. The molecule has 0 N–H and O–H groups in total. The molecule has 0 spiro atoms. The van der Waals surface area contributed by atoms with Gasteiger partial charge in [0.1, 0.15) is 6.04 Å². The largest absolute Gasteiger partial charge is 0.456 e. The Balaban J connectivity index is 1.65. The minimum Gasteiger partial charge on any atom is -0.456 e. The van der Waals surface area contributed by atoms with Crippen LogP contribution >= 0.6 is 11.8 Å². The van der Waals surface area contributed by atoms with E-state index in [2.05, 4.69) is 0 Å². The number of nitro benzene ring substituents is 1. The Hall–Kier alpha value is -2.42. The molecule has 2 heterocycles. The summed E-state index contributed by atoms with van der Waals surface area (Å²) in [5.74, 6) is -0.792. The van der Waals surface area contributed by atoms with Gasteiger partial charge in [-0.15, -0.1) is 11.8 Å². The standard InChI is InChI=1S/C17H18N2O6S/c1-10-3-4-11(7-12(10)19(23)24)14(20)8-25-16(22)13-9-26-17(2)6-5-15(21)18(13)17/h3-4,7,13H,5-6,8-9H2,1-2H3/t13-,17-/m1/s1. The summed E-state index contributed by atoms with van der Waals surface area (Å²) in [6.07, 6.45) is 1.09. The number of nitrogens with zero attached hydrogens (tertiary/aromatic N) is 2. The van der Waals surface area contributed by atoms with Gasteiger partial charge in [-0.1, -0.05) is 12.1 Å². The van der Waals surface area contributed by atoms with E-state index in [-0.39, 0.29) is 22.0 Å². The van der Waals surface area contributed by atoms with Crippen LogP contribution in [0.5, 0.6) is 0 Å². The number of aryl methyl sites for hydroxylation is 1. The van der Waals surface area contributed by atoms with Gasteiger partial charge in [-0.3, -0.25) is 19.7 Å².